The standard InChI is InChI=1S/C14H16ClN3/c1-18-7-6-17-14(9-18)12-4-5-16-13-8-10(15)2-3-11(12)13/h2-5,8,14,17H,6-7,9H2,1H3. The van der Waals surface area contributed by atoms with Crippen LogP contribution in [-0.2, 0) is 0 Å². The molecule has 2 aromatic rings. The van der Waals surface area contributed by atoms with Crippen molar-refractivity contribution in [3.63, 3.8) is 0 Å². The Hall–Kier alpha value is -1.16. The lowest BCUT2D eigenvalue weighted by atomic mass is 10.0. The highest BCUT2D eigenvalue weighted by molar-refractivity contribution is 6.31. The van der Waals surface area contributed by atoms with Gasteiger partial charge in [-0.3, -0.25) is 4.98 Å². The van der Waals surface area contributed by atoms with E-state index in [-0.39, 0.29) is 0 Å². The number of halogens is 1. The molecule has 1 aromatic heterocycles. The van der Waals surface area contributed by atoms with Crippen LogP contribution >= 0.6 is 11.6 Å². The van der Waals surface area contributed by atoms with E-state index in [1.54, 1.807) is 0 Å². The molecule has 1 atom stereocenters. The third kappa shape index (κ3) is 2.21. The van der Waals surface area contributed by atoms with Crippen LogP contribution in [0.3, 0.4) is 0 Å². The van der Waals surface area contributed by atoms with Crippen LogP contribution in [0.2, 0.25) is 5.02 Å². The molecule has 4 heteroatoms. The first-order valence-electron chi connectivity index (χ1n) is 6.20. The molecule has 1 aliphatic rings. The number of rotatable bonds is 1. The van der Waals surface area contributed by atoms with E-state index in [0.29, 0.717) is 6.04 Å². The Morgan fingerprint density at radius 1 is 1.39 bits per heavy atom. The molecule has 0 radical (unpaired) electrons. The van der Waals surface area contributed by atoms with Gasteiger partial charge in [-0.1, -0.05) is 17.7 Å². The van der Waals surface area contributed by atoms with E-state index in [1.807, 2.05) is 18.3 Å². The molecule has 2 heterocycles. The minimum Gasteiger partial charge on any atom is -0.308 e. The van der Waals surface area contributed by atoms with E-state index in [4.69, 9.17) is 11.6 Å². The second-order valence-electron chi connectivity index (χ2n) is 4.83. The molecule has 18 heavy (non-hydrogen) atoms. The molecule has 1 fully saturated rings. The first-order valence-corrected chi connectivity index (χ1v) is 6.58. The molecule has 0 bridgehead atoms. The van der Waals surface area contributed by atoms with Gasteiger partial charge in [0.05, 0.1) is 5.52 Å². The molecule has 0 saturated carbocycles. The normalized spacial score (nSPS) is 21.3. The molecule has 3 rings (SSSR count). The molecule has 3 nitrogen and oxygen atoms in total. The Morgan fingerprint density at radius 2 is 2.28 bits per heavy atom. The SMILES string of the molecule is CN1CCNC(c2ccnc3cc(Cl)ccc23)C1. The maximum Gasteiger partial charge on any atom is 0.0720 e. The Bertz CT molecular complexity index is 570. The fourth-order valence-corrected chi connectivity index (χ4v) is 2.72. The first-order chi connectivity index (χ1) is 8.74. The predicted molar refractivity (Wildman–Crippen MR) is 75.0 cm³/mol. The monoisotopic (exact) mass is 261 g/mol. The summed E-state index contributed by atoms with van der Waals surface area (Å²) in [5.74, 6) is 0. The lowest BCUT2D eigenvalue weighted by molar-refractivity contribution is 0.241. The Balaban J connectivity index is 2.05. The summed E-state index contributed by atoms with van der Waals surface area (Å²) in [4.78, 5) is 6.74. The zero-order valence-corrected chi connectivity index (χ0v) is 11.1. The number of pyridine rings is 1. The van der Waals surface area contributed by atoms with Crippen molar-refractivity contribution in [2.24, 2.45) is 0 Å². The maximum atomic E-state index is 6.02. The summed E-state index contributed by atoms with van der Waals surface area (Å²) in [6.45, 7) is 3.16. The van der Waals surface area contributed by atoms with Crippen LogP contribution in [0.15, 0.2) is 30.5 Å². The Labute approximate surface area is 112 Å². The number of nitrogens with zero attached hydrogens (tertiary/aromatic N) is 2. The van der Waals surface area contributed by atoms with Crippen molar-refractivity contribution in [3.05, 3.63) is 41.0 Å². The van der Waals surface area contributed by atoms with Crippen molar-refractivity contribution in [3.8, 4) is 0 Å². The van der Waals surface area contributed by atoms with Gasteiger partial charge in [-0.05, 0) is 30.8 Å². The van der Waals surface area contributed by atoms with Crippen molar-refractivity contribution in [2.45, 2.75) is 6.04 Å². The average molecular weight is 262 g/mol. The minimum absolute atomic E-state index is 0.371. The van der Waals surface area contributed by atoms with Gasteiger partial charge in [0, 0.05) is 42.3 Å². The van der Waals surface area contributed by atoms with Crippen molar-refractivity contribution in [1.82, 2.24) is 15.2 Å². The third-order valence-corrected chi connectivity index (χ3v) is 3.73. The van der Waals surface area contributed by atoms with Crippen molar-refractivity contribution in [2.75, 3.05) is 26.7 Å². The van der Waals surface area contributed by atoms with E-state index < -0.39 is 0 Å². The number of fused-ring (bicyclic) bond motifs is 1. The number of likely N-dealkylation sites (N-methyl/N-ethyl adjacent to an activating group) is 1. The summed E-state index contributed by atoms with van der Waals surface area (Å²) >= 11 is 6.02. The largest absolute Gasteiger partial charge is 0.308 e. The van der Waals surface area contributed by atoms with E-state index in [1.165, 1.54) is 10.9 Å². The Kier molecular flexibility index (Phi) is 3.20. The van der Waals surface area contributed by atoms with Gasteiger partial charge in [-0.2, -0.15) is 0 Å². The number of benzene rings is 1. The van der Waals surface area contributed by atoms with Crippen LogP contribution in [0.5, 0.6) is 0 Å². The minimum atomic E-state index is 0.371. The highest BCUT2D eigenvalue weighted by atomic mass is 35.5. The van der Waals surface area contributed by atoms with Crippen molar-refractivity contribution >= 4 is 22.5 Å². The molecule has 1 saturated heterocycles. The average Bonchev–Trinajstić information content (AvgIpc) is 2.37. The van der Waals surface area contributed by atoms with Crippen LogP contribution in [-0.4, -0.2) is 36.6 Å². The molecule has 0 spiro atoms. The van der Waals surface area contributed by atoms with Gasteiger partial charge in [0.2, 0.25) is 0 Å². The van der Waals surface area contributed by atoms with Gasteiger partial charge in [0.15, 0.2) is 0 Å². The zero-order chi connectivity index (χ0) is 12.5. The first kappa shape index (κ1) is 11.9. The molecule has 1 aliphatic heterocycles. The highest BCUT2D eigenvalue weighted by Crippen LogP contribution is 2.26. The van der Waals surface area contributed by atoms with E-state index in [0.717, 1.165) is 30.2 Å². The van der Waals surface area contributed by atoms with Crippen LogP contribution < -0.4 is 5.32 Å². The summed E-state index contributed by atoms with van der Waals surface area (Å²) in [6.07, 6.45) is 1.87. The van der Waals surface area contributed by atoms with Crippen LogP contribution in [0, 0.1) is 0 Å². The number of hydrogen-bond acceptors (Lipinski definition) is 3. The summed E-state index contributed by atoms with van der Waals surface area (Å²) < 4.78 is 0. The topological polar surface area (TPSA) is 28.2 Å². The van der Waals surface area contributed by atoms with Crippen LogP contribution in [0.25, 0.3) is 10.9 Å². The van der Waals surface area contributed by atoms with Crippen LogP contribution in [0.4, 0.5) is 0 Å². The van der Waals surface area contributed by atoms with Crippen molar-refractivity contribution in [1.29, 1.82) is 0 Å². The molecule has 1 aromatic carbocycles. The van der Waals surface area contributed by atoms with Gasteiger partial charge >= 0.3 is 0 Å². The second kappa shape index (κ2) is 4.84. The van der Waals surface area contributed by atoms with Gasteiger partial charge in [-0.15, -0.1) is 0 Å². The summed E-state index contributed by atoms with van der Waals surface area (Å²) in [5.41, 5.74) is 2.28. The molecular formula is C14H16ClN3. The van der Waals surface area contributed by atoms with Gasteiger partial charge < -0.3 is 10.2 Å². The molecule has 1 N–H and O–H groups in total. The van der Waals surface area contributed by atoms with E-state index >= 15 is 0 Å². The molecular weight excluding hydrogens is 246 g/mol. The van der Waals surface area contributed by atoms with Crippen LogP contribution in [0.1, 0.15) is 11.6 Å². The van der Waals surface area contributed by atoms with Gasteiger partial charge in [0.1, 0.15) is 0 Å². The summed E-state index contributed by atoms with van der Waals surface area (Å²) in [7, 11) is 2.16. The number of piperazine rings is 1. The smallest absolute Gasteiger partial charge is 0.0720 e. The number of hydrogen-bond donors (Lipinski definition) is 1. The molecule has 0 aliphatic carbocycles. The maximum absolute atomic E-state index is 6.02. The van der Waals surface area contributed by atoms with Gasteiger partial charge in [-0.25, -0.2) is 0 Å². The lowest BCUT2D eigenvalue weighted by Crippen LogP contribution is -2.43. The van der Waals surface area contributed by atoms with Gasteiger partial charge in [0.25, 0.3) is 0 Å². The van der Waals surface area contributed by atoms with Crippen molar-refractivity contribution < 1.29 is 0 Å². The molecule has 1 unspecified atom stereocenters. The fourth-order valence-electron chi connectivity index (χ4n) is 2.55. The highest BCUT2D eigenvalue weighted by Gasteiger charge is 2.19. The number of nitrogens with one attached hydrogen (secondary N) is 1. The fraction of sp³-hybridized carbons (Fsp3) is 0.357. The predicted octanol–water partition coefficient (Wildman–Crippen LogP) is 2.46. The van der Waals surface area contributed by atoms with E-state index in [2.05, 4.69) is 34.4 Å². The summed E-state index contributed by atoms with van der Waals surface area (Å²) in [5, 5.41) is 5.50. The van der Waals surface area contributed by atoms with E-state index in [9.17, 15) is 0 Å². The zero-order valence-electron chi connectivity index (χ0n) is 10.4. The number of aromatic nitrogens is 1. The second-order valence-corrected chi connectivity index (χ2v) is 5.27. The molecule has 94 valence electrons. The third-order valence-electron chi connectivity index (χ3n) is 3.49. The Morgan fingerprint density at radius 3 is 3.11 bits per heavy atom. The quantitative estimate of drug-likeness (QED) is 0.855. The lowest BCUT2D eigenvalue weighted by Gasteiger charge is -2.31. The summed E-state index contributed by atoms with van der Waals surface area (Å²) in [6, 6.07) is 8.40. The molecule has 0 amide bonds.